The van der Waals surface area contributed by atoms with Crippen molar-refractivity contribution in [2.45, 2.75) is 18.4 Å². The molecule has 0 aliphatic heterocycles. The minimum absolute atomic E-state index is 0.129. The summed E-state index contributed by atoms with van der Waals surface area (Å²) < 4.78 is 0. The van der Waals surface area contributed by atoms with Crippen LogP contribution in [0.4, 0.5) is 0 Å². The van der Waals surface area contributed by atoms with Gasteiger partial charge in [-0.2, -0.15) is 5.26 Å². The van der Waals surface area contributed by atoms with E-state index in [1.165, 1.54) is 6.07 Å². The molecule has 2 aromatic rings. The van der Waals surface area contributed by atoms with Crippen molar-refractivity contribution >= 4 is 0 Å². The van der Waals surface area contributed by atoms with Crippen molar-refractivity contribution in [1.82, 2.24) is 4.98 Å². The number of hydrogen-bond donors (Lipinski definition) is 2. The molecule has 0 amide bonds. The molecule has 0 saturated heterocycles. The van der Waals surface area contributed by atoms with Crippen molar-refractivity contribution in [3.05, 3.63) is 47.7 Å². The summed E-state index contributed by atoms with van der Waals surface area (Å²) in [6.45, 7) is 0. The minimum atomic E-state index is 0.129. The molecule has 1 fully saturated rings. The van der Waals surface area contributed by atoms with Gasteiger partial charge in [0.05, 0.1) is 17.3 Å². The Bertz CT molecular complexity index is 658. The molecule has 1 aliphatic rings. The topological polar surface area (TPSA) is 82.9 Å². The summed E-state index contributed by atoms with van der Waals surface area (Å²) in [5, 5.41) is 18.6. The Kier molecular flexibility index (Phi) is 2.69. The van der Waals surface area contributed by atoms with Crippen LogP contribution in [-0.4, -0.2) is 16.1 Å². The maximum absolute atomic E-state index is 9.53. The van der Waals surface area contributed by atoms with Gasteiger partial charge in [0.25, 0.3) is 0 Å². The lowest BCUT2D eigenvalue weighted by atomic mass is 10.0. The highest BCUT2D eigenvalue weighted by Gasteiger charge is 2.34. The molecular formula is C15H13N3O. The van der Waals surface area contributed by atoms with Crippen LogP contribution >= 0.6 is 0 Å². The van der Waals surface area contributed by atoms with Crippen LogP contribution in [0.1, 0.15) is 23.5 Å². The molecule has 3 rings (SSSR count). The van der Waals surface area contributed by atoms with Gasteiger partial charge in [-0.15, -0.1) is 0 Å². The fourth-order valence-corrected chi connectivity index (χ4v) is 2.22. The van der Waals surface area contributed by atoms with E-state index in [9.17, 15) is 5.11 Å². The Balaban J connectivity index is 1.98. The van der Waals surface area contributed by atoms with Gasteiger partial charge in [-0.1, -0.05) is 6.07 Å². The standard InChI is InChI=1S/C15H13N3O/c16-7-9-1-3-11(19)5-13(9)15-4-2-10(8-18-15)12-6-14(12)17/h1-5,8,12,14,19H,6,17H2/t12-,14+/m0/s1. The maximum Gasteiger partial charge on any atom is 0.116 e. The Morgan fingerprint density at radius 2 is 2.11 bits per heavy atom. The van der Waals surface area contributed by atoms with Crippen molar-refractivity contribution < 1.29 is 5.11 Å². The predicted molar refractivity (Wildman–Crippen MR) is 71.4 cm³/mol. The maximum atomic E-state index is 9.53. The van der Waals surface area contributed by atoms with Crippen LogP contribution in [0.2, 0.25) is 0 Å². The largest absolute Gasteiger partial charge is 0.508 e. The molecule has 1 aromatic carbocycles. The number of benzene rings is 1. The lowest BCUT2D eigenvalue weighted by Crippen LogP contribution is -2.01. The molecule has 4 heteroatoms. The third-order valence-corrected chi connectivity index (χ3v) is 3.45. The van der Waals surface area contributed by atoms with Gasteiger partial charge < -0.3 is 10.8 Å². The first-order valence-corrected chi connectivity index (χ1v) is 6.14. The van der Waals surface area contributed by atoms with E-state index in [2.05, 4.69) is 11.1 Å². The molecule has 19 heavy (non-hydrogen) atoms. The van der Waals surface area contributed by atoms with Crippen molar-refractivity contribution in [3.63, 3.8) is 0 Å². The molecule has 4 nitrogen and oxygen atoms in total. The van der Waals surface area contributed by atoms with Crippen LogP contribution in [0, 0.1) is 11.3 Å². The zero-order chi connectivity index (χ0) is 13.4. The summed E-state index contributed by atoms with van der Waals surface area (Å²) in [6, 6.07) is 10.9. The molecule has 3 N–H and O–H groups in total. The van der Waals surface area contributed by atoms with E-state index >= 15 is 0 Å². The summed E-state index contributed by atoms with van der Waals surface area (Å²) in [4.78, 5) is 4.38. The summed E-state index contributed by atoms with van der Waals surface area (Å²) in [5.41, 5.74) is 8.78. The Morgan fingerprint density at radius 1 is 1.32 bits per heavy atom. The number of nitriles is 1. The second kappa shape index (κ2) is 4.38. The zero-order valence-corrected chi connectivity index (χ0v) is 10.2. The molecule has 2 atom stereocenters. The number of phenols is 1. The third kappa shape index (κ3) is 2.16. The van der Waals surface area contributed by atoms with E-state index in [0.717, 1.165) is 12.0 Å². The first kappa shape index (κ1) is 11.7. The third-order valence-electron chi connectivity index (χ3n) is 3.45. The van der Waals surface area contributed by atoms with Gasteiger partial charge >= 0.3 is 0 Å². The SMILES string of the molecule is N#Cc1ccc(O)cc1-c1ccc([C@@H]2C[C@H]2N)cn1. The second-order valence-corrected chi connectivity index (χ2v) is 4.82. The molecule has 1 saturated carbocycles. The number of phenolic OH excluding ortho intramolecular Hbond substituents is 1. The van der Waals surface area contributed by atoms with Crippen LogP contribution < -0.4 is 5.73 Å². The van der Waals surface area contributed by atoms with Crippen molar-refractivity contribution in [1.29, 1.82) is 5.26 Å². The van der Waals surface area contributed by atoms with Crippen molar-refractivity contribution in [2.75, 3.05) is 0 Å². The summed E-state index contributed by atoms with van der Waals surface area (Å²) in [7, 11) is 0. The normalized spacial score (nSPS) is 20.8. The van der Waals surface area contributed by atoms with Gasteiger partial charge in [0.1, 0.15) is 5.75 Å². The predicted octanol–water partition coefficient (Wildman–Crippen LogP) is 2.14. The van der Waals surface area contributed by atoms with E-state index in [-0.39, 0.29) is 11.8 Å². The number of rotatable bonds is 2. The van der Waals surface area contributed by atoms with Gasteiger partial charge in [-0.25, -0.2) is 0 Å². The first-order chi connectivity index (χ1) is 9.19. The lowest BCUT2D eigenvalue weighted by molar-refractivity contribution is 0.475. The fraction of sp³-hybridized carbons (Fsp3) is 0.200. The zero-order valence-electron chi connectivity index (χ0n) is 10.2. The van der Waals surface area contributed by atoms with Gasteiger partial charge in [-0.05, 0) is 36.2 Å². The van der Waals surface area contributed by atoms with E-state index < -0.39 is 0 Å². The molecule has 0 bridgehead atoms. The number of nitrogens with two attached hydrogens (primary N) is 1. The smallest absolute Gasteiger partial charge is 0.116 e. The number of aromatic hydroxyl groups is 1. The van der Waals surface area contributed by atoms with E-state index in [1.807, 2.05) is 12.1 Å². The summed E-state index contributed by atoms with van der Waals surface area (Å²) >= 11 is 0. The summed E-state index contributed by atoms with van der Waals surface area (Å²) in [5.74, 6) is 0.547. The molecule has 0 spiro atoms. The Labute approximate surface area is 111 Å². The Hall–Kier alpha value is -2.38. The van der Waals surface area contributed by atoms with Gasteiger partial charge in [0, 0.05) is 23.7 Å². The minimum Gasteiger partial charge on any atom is -0.508 e. The van der Waals surface area contributed by atoms with Gasteiger partial charge in [0.2, 0.25) is 0 Å². The van der Waals surface area contributed by atoms with Crippen LogP contribution in [-0.2, 0) is 0 Å². The molecular weight excluding hydrogens is 238 g/mol. The highest BCUT2D eigenvalue weighted by atomic mass is 16.3. The van der Waals surface area contributed by atoms with Crippen LogP contribution in [0.5, 0.6) is 5.75 Å². The second-order valence-electron chi connectivity index (χ2n) is 4.82. The average molecular weight is 251 g/mol. The monoisotopic (exact) mass is 251 g/mol. The van der Waals surface area contributed by atoms with Crippen LogP contribution in [0.3, 0.4) is 0 Å². The van der Waals surface area contributed by atoms with Gasteiger partial charge in [-0.3, -0.25) is 4.98 Å². The Morgan fingerprint density at radius 3 is 2.68 bits per heavy atom. The van der Waals surface area contributed by atoms with Gasteiger partial charge in [0.15, 0.2) is 0 Å². The number of hydrogen-bond acceptors (Lipinski definition) is 4. The quantitative estimate of drug-likeness (QED) is 0.856. The van der Waals surface area contributed by atoms with Crippen LogP contribution in [0.15, 0.2) is 36.5 Å². The molecule has 1 heterocycles. The fourth-order valence-electron chi connectivity index (χ4n) is 2.22. The van der Waals surface area contributed by atoms with E-state index in [4.69, 9.17) is 11.0 Å². The van der Waals surface area contributed by atoms with E-state index in [0.29, 0.717) is 22.7 Å². The highest BCUT2D eigenvalue weighted by molar-refractivity contribution is 5.69. The molecule has 1 aromatic heterocycles. The highest BCUT2D eigenvalue weighted by Crippen LogP contribution is 2.39. The molecule has 1 aliphatic carbocycles. The van der Waals surface area contributed by atoms with Crippen molar-refractivity contribution in [3.8, 4) is 23.1 Å². The first-order valence-electron chi connectivity index (χ1n) is 6.14. The number of aromatic nitrogens is 1. The van der Waals surface area contributed by atoms with E-state index in [1.54, 1.807) is 18.3 Å². The van der Waals surface area contributed by atoms with Crippen molar-refractivity contribution in [2.24, 2.45) is 5.73 Å². The summed E-state index contributed by atoms with van der Waals surface area (Å²) in [6.07, 6.45) is 2.81. The average Bonchev–Trinajstić information content (AvgIpc) is 3.16. The number of pyridine rings is 1. The number of nitrogens with zero attached hydrogens (tertiary/aromatic N) is 2. The molecule has 0 radical (unpaired) electrons. The lowest BCUT2D eigenvalue weighted by Gasteiger charge is -2.05. The van der Waals surface area contributed by atoms with Crippen LogP contribution in [0.25, 0.3) is 11.3 Å². The molecule has 0 unspecified atom stereocenters. The molecule has 94 valence electrons.